The van der Waals surface area contributed by atoms with E-state index in [1.807, 2.05) is 6.07 Å². The summed E-state index contributed by atoms with van der Waals surface area (Å²) in [5.74, 6) is -9.86. The van der Waals surface area contributed by atoms with Crippen LogP contribution in [0, 0.1) is 29.1 Å². The van der Waals surface area contributed by atoms with E-state index in [1.54, 1.807) is 30.3 Å². The summed E-state index contributed by atoms with van der Waals surface area (Å²) in [5.41, 5.74) is -0.194. The average molecular weight is 299 g/mol. The first kappa shape index (κ1) is 15.0. The van der Waals surface area contributed by atoms with Crippen molar-refractivity contribution >= 4 is 11.8 Å². The Morgan fingerprint density at radius 1 is 0.762 bits per heavy atom. The largest absolute Gasteiger partial charge is 0.377 e. The lowest BCUT2D eigenvalue weighted by molar-refractivity contribution is 0.381. The molecular weight excluding hydrogens is 289 g/mol. The van der Waals surface area contributed by atoms with Crippen LogP contribution in [0.4, 0.5) is 27.6 Å². The van der Waals surface area contributed by atoms with E-state index in [2.05, 4.69) is 5.32 Å². The third-order valence-electron chi connectivity index (χ3n) is 2.72. The molecule has 0 bridgehead atoms. The molecule has 1 N–H and O–H groups in total. The van der Waals surface area contributed by atoms with Gasteiger partial charge in [0.25, 0.3) is 0 Å². The molecule has 0 radical (unpaired) electrons. The molecule has 0 amide bonds. The molecule has 0 atom stereocenters. The number of hydrogen-bond acceptors (Lipinski definition) is 1. The Hall–Kier alpha value is -2.37. The third-order valence-corrected chi connectivity index (χ3v) is 2.72. The van der Waals surface area contributed by atoms with Crippen molar-refractivity contribution < 1.29 is 22.0 Å². The van der Waals surface area contributed by atoms with Gasteiger partial charge in [-0.2, -0.15) is 0 Å². The fraction of sp³-hybridized carbons (Fsp3) is 0.0667. The van der Waals surface area contributed by atoms with Crippen LogP contribution in [-0.2, 0) is 0 Å². The molecule has 2 aromatic carbocycles. The van der Waals surface area contributed by atoms with E-state index >= 15 is 0 Å². The summed E-state index contributed by atoms with van der Waals surface area (Å²) in [4.78, 5) is 0. The Bertz CT molecular complexity index is 639. The quantitative estimate of drug-likeness (QED) is 0.497. The monoisotopic (exact) mass is 299 g/mol. The zero-order valence-corrected chi connectivity index (χ0v) is 10.6. The van der Waals surface area contributed by atoms with E-state index in [-0.39, 0.29) is 6.54 Å². The molecule has 0 aliphatic carbocycles. The van der Waals surface area contributed by atoms with Crippen LogP contribution in [0.5, 0.6) is 0 Å². The van der Waals surface area contributed by atoms with Crippen molar-refractivity contribution in [2.75, 3.05) is 11.9 Å². The standard InChI is InChI=1S/C15H10F5N/c16-10-11(17)13(19)15(14(20)12(10)18)21-8-4-7-9-5-2-1-3-6-9/h1-7,21H,8H2/b7-4+. The van der Waals surface area contributed by atoms with Gasteiger partial charge >= 0.3 is 0 Å². The van der Waals surface area contributed by atoms with Crippen LogP contribution in [-0.4, -0.2) is 6.54 Å². The number of nitrogens with one attached hydrogen (secondary N) is 1. The Morgan fingerprint density at radius 3 is 1.86 bits per heavy atom. The van der Waals surface area contributed by atoms with Gasteiger partial charge in [0.2, 0.25) is 5.82 Å². The minimum Gasteiger partial charge on any atom is -0.377 e. The van der Waals surface area contributed by atoms with Gasteiger partial charge in [0.05, 0.1) is 0 Å². The summed E-state index contributed by atoms with van der Waals surface area (Å²) in [5, 5.41) is 2.18. The van der Waals surface area contributed by atoms with E-state index in [1.165, 1.54) is 6.08 Å². The molecule has 0 aliphatic rings. The molecule has 6 heteroatoms. The molecule has 0 heterocycles. The molecule has 0 fully saturated rings. The van der Waals surface area contributed by atoms with Gasteiger partial charge < -0.3 is 5.32 Å². The van der Waals surface area contributed by atoms with Crippen molar-refractivity contribution in [1.29, 1.82) is 0 Å². The topological polar surface area (TPSA) is 12.0 Å². The highest BCUT2D eigenvalue weighted by Crippen LogP contribution is 2.26. The molecule has 0 aliphatic heterocycles. The maximum absolute atomic E-state index is 13.3. The minimum atomic E-state index is -2.17. The highest BCUT2D eigenvalue weighted by atomic mass is 19.2. The van der Waals surface area contributed by atoms with Crippen molar-refractivity contribution in [2.24, 2.45) is 0 Å². The Balaban J connectivity index is 2.13. The van der Waals surface area contributed by atoms with Gasteiger partial charge in [-0.15, -0.1) is 0 Å². The lowest BCUT2D eigenvalue weighted by Crippen LogP contribution is -2.09. The summed E-state index contributed by atoms with van der Waals surface area (Å²) in [6.07, 6.45) is 3.16. The molecule has 110 valence electrons. The maximum Gasteiger partial charge on any atom is 0.200 e. The average Bonchev–Trinajstić information content (AvgIpc) is 2.51. The highest BCUT2D eigenvalue weighted by Gasteiger charge is 2.25. The molecule has 21 heavy (non-hydrogen) atoms. The first-order chi connectivity index (χ1) is 10.0. The molecule has 0 spiro atoms. The van der Waals surface area contributed by atoms with E-state index in [0.29, 0.717) is 0 Å². The lowest BCUT2D eigenvalue weighted by Gasteiger charge is -2.09. The number of rotatable bonds is 4. The van der Waals surface area contributed by atoms with Crippen molar-refractivity contribution in [3.05, 3.63) is 71.1 Å². The maximum atomic E-state index is 13.3. The number of benzene rings is 2. The fourth-order valence-electron chi connectivity index (χ4n) is 1.68. The Kier molecular flexibility index (Phi) is 4.57. The second-order valence-electron chi connectivity index (χ2n) is 4.14. The van der Waals surface area contributed by atoms with E-state index < -0.39 is 34.8 Å². The molecule has 0 aromatic heterocycles. The van der Waals surface area contributed by atoms with Gasteiger partial charge in [0.15, 0.2) is 23.3 Å². The van der Waals surface area contributed by atoms with Crippen LogP contribution in [0.1, 0.15) is 5.56 Å². The molecular formula is C15H10F5N. The van der Waals surface area contributed by atoms with Gasteiger partial charge in [0.1, 0.15) is 5.69 Å². The molecule has 2 rings (SSSR count). The third kappa shape index (κ3) is 3.21. The van der Waals surface area contributed by atoms with E-state index in [4.69, 9.17) is 0 Å². The summed E-state index contributed by atoms with van der Waals surface area (Å²) in [7, 11) is 0. The summed E-state index contributed by atoms with van der Waals surface area (Å²) in [6, 6.07) is 9.03. The number of hydrogen-bond donors (Lipinski definition) is 1. The van der Waals surface area contributed by atoms with Gasteiger partial charge in [-0.3, -0.25) is 0 Å². The Labute approximate surface area is 117 Å². The van der Waals surface area contributed by atoms with Crippen molar-refractivity contribution in [1.82, 2.24) is 0 Å². The second kappa shape index (κ2) is 6.39. The Morgan fingerprint density at radius 2 is 1.29 bits per heavy atom. The number of anilines is 1. The molecule has 0 saturated carbocycles. The van der Waals surface area contributed by atoms with E-state index in [0.717, 1.165) is 5.56 Å². The summed E-state index contributed by atoms with van der Waals surface area (Å²) in [6.45, 7) is -0.0900. The van der Waals surface area contributed by atoms with Crippen LogP contribution < -0.4 is 5.32 Å². The fourth-order valence-corrected chi connectivity index (χ4v) is 1.68. The van der Waals surface area contributed by atoms with Crippen LogP contribution >= 0.6 is 0 Å². The van der Waals surface area contributed by atoms with Crippen LogP contribution in [0.3, 0.4) is 0 Å². The first-order valence-electron chi connectivity index (χ1n) is 5.99. The van der Waals surface area contributed by atoms with E-state index in [9.17, 15) is 22.0 Å². The predicted molar refractivity (Wildman–Crippen MR) is 70.2 cm³/mol. The molecule has 2 aromatic rings. The second-order valence-corrected chi connectivity index (χ2v) is 4.14. The van der Waals surface area contributed by atoms with Crippen LogP contribution in [0.2, 0.25) is 0 Å². The molecule has 1 nitrogen and oxygen atoms in total. The van der Waals surface area contributed by atoms with Gasteiger partial charge in [-0.05, 0) is 5.56 Å². The van der Waals surface area contributed by atoms with Crippen molar-refractivity contribution in [2.45, 2.75) is 0 Å². The van der Waals surface area contributed by atoms with Gasteiger partial charge in [-0.1, -0.05) is 42.5 Å². The highest BCUT2D eigenvalue weighted by molar-refractivity contribution is 5.52. The van der Waals surface area contributed by atoms with Gasteiger partial charge in [0, 0.05) is 6.54 Å². The van der Waals surface area contributed by atoms with Crippen LogP contribution in [0.15, 0.2) is 36.4 Å². The lowest BCUT2D eigenvalue weighted by atomic mass is 10.2. The minimum absolute atomic E-state index is 0.0900. The smallest absolute Gasteiger partial charge is 0.200 e. The van der Waals surface area contributed by atoms with Crippen LogP contribution in [0.25, 0.3) is 6.08 Å². The summed E-state index contributed by atoms with van der Waals surface area (Å²) >= 11 is 0. The van der Waals surface area contributed by atoms with Gasteiger partial charge in [-0.25, -0.2) is 22.0 Å². The predicted octanol–water partition coefficient (Wildman–Crippen LogP) is 4.51. The number of halogens is 5. The summed E-state index contributed by atoms with van der Waals surface area (Å²) < 4.78 is 65.4. The van der Waals surface area contributed by atoms with Crippen molar-refractivity contribution in [3.63, 3.8) is 0 Å². The molecule has 0 unspecified atom stereocenters. The first-order valence-corrected chi connectivity index (χ1v) is 5.99. The normalized spacial score (nSPS) is 11.1. The zero-order chi connectivity index (χ0) is 15.4. The molecule has 0 saturated heterocycles. The SMILES string of the molecule is Fc1c(F)c(F)c(NC/C=C/c2ccccc2)c(F)c1F. The zero-order valence-electron chi connectivity index (χ0n) is 10.6. The van der Waals surface area contributed by atoms with Crippen molar-refractivity contribution in [3.8, 4) is 0 Å².